The molecular weight excluding hydrogens is 491 g/mol. The Labute approximate surface area is 195 Å². The number of aromatic amines is 1. The summed E-state index contributed by atoms with van der Waals surface area (Å²) in [6, 6.07) is 12.6. The molecule has 0 spiro atoms. The van der Waals surface area contributed by atoms with Crippen LogP contribution >= 0.6 is 24.0 Å². The van der Waals surface area contributed by atoms with Crippen molar-refractivity contribution in [2.24, 2.45) is 10.9 Å². The van der Waals surface area contributed by atoms with Gasteiger partial charge in [-0.15, -0.1) is 24.0 Å². The molecule has 162 valence electrons. The molecule has 1 unspecified atom stereocenters. The first kappa shape index (κ1) is 23.9. The smallest absolute Gasteiger partial charge is 0.216 e. The molecular formula is C22H31IN6O. The molecule has 0 radical (unpaired) electrons. The Morgan fingerprint density at radius 2 is 1.93 bits per heavy atom. The average molecular weight is 522 g/mol. The maximum absolute atomic E-state index is 5.32. The second kappa shape index (κ2) is 11.7. The molecule has 7 nitrogen and oxygen atoms in total. The van der Waals surface area contributed by atoms with E-state index in [4.69, 9.17) is 4.42 Å². The highest BCUT2D eigenvalue weighted by molar-refractivity contribution is 14.0. The van der Waals surface area contributed by atoms with Gasteiger partial charge in [-0.3, -0.25) is 10.1 Å². The third-order valence-electron chi connectivity index (χ3n) is 4.63. The molecule has 2 heterocycles. The number of rotatable bonds is 8. The number of furan rings is 1. The lowest BCUT2D eigenvalue weighted by molar-refractivity contribution is 0.577. The average Bonchev–Trinajstić information content (AvgIpc) is 3.39. The van der Waals surface area contributed by atoms with E-state index in [0.717, 1.165) is 18.2 Å². The number of halogens is 1. The molecule has 30 heavy (non-hydrogen) atoms. The van der Waals surface area contributed by atoms with Gasteiger partial charge in [-0.1, -0.05) is 38.1 Å². The van der Waals surface area contributed by atoms with E-state index in [1.165, 1.54) is 11.1 Å². The second-order valence-corrected chi connectivity index (χ2v) is 7.54. The maximum Gasteiger partial charge on any atom is 0.216 e. The van der Waals surface area contributed by atoms with E-state index in [2.05, 4.69) is 75.8 Å². The summed E-state index contributed by atoms with van der Waals surface area (Å²) in [5.74, 6) is 3.45. The third kappa shape index (κ3) is 6.86. The van der Waals surface area contributed by atoms with Crippen LogP contribution in [0.15, 0.2) is 52.1 Å². The fourth-order valence-electron chi connectivity index (χ4n) is 3.12. The largest absolute Gasteiger partial charge is 0.461 e. The van der Waals surface area contributed by atoms with Crippen molar-refractivity contribution in [2.75, 3.05) is 13.6 Å². The van der Waals surface area contributed by atoms with Gasteiger partial charge in [0.1, 0.15) is 5.82 Å². The molecule has 2 aromatic heterocycles. The summed E-state index contributed by atoms with van der Waals surface area (Å²) in [4.78, 5) is 8.77. The monoisotopic (exact) mass is 522 g/mol. The Morgan fingerprint density at radius 3 is 2.57 bits per heavy atom. The Kier molecular flexibility index (Phi) is 9.35. The highest BCUT2D eigenvalue weighted by Gasteiger charge is 2.10. The number of H-pyrrole nitrogens is 1. The van der Waals surface area contributed by atoms with Crippen LogP contribution in [0, 0.1) is 5.92 Å². The van der Waals surface area contributed by atoms with Gasteiger partial charge >= 0.3 is 0 Å². The van der Waals surface area contributed by atoms with Crippen LogP contribution in [0.3, 0.4) is 0 Å². The Hall–Kier alpha value is -2.36. The van der Waals surface area contributed by atoms with Crippen molar-refractivity contribution < 1.29 is 4.42 Å². The van der Waals surface area contributed by atoms with Gasteiger partial charge in [0.25, 0.3) is 0 Å². The Bertz CT molecular complexity index is 902. The molecule has 0 amide bonds. The molecule has 0 saturated carbocycles. The normalized spacial score (nSPS) is 12.5. The van der Waals surface area contributed by atoms with Gasteiger partial charge in [0.15, 0.2) is 11.7 Å². The topological polar surface area (TPSA) is 91.1 Å². The molecule has 0 fully saturated rings. The molecule has 0 bridgehead atoms. The summed E-state index contributed by atoms with van der Waals surface area (Å²) in [6.45, 7) is 7.30. The zero-order valence-electron chi connectivity index (χ0n) is 18.0. The van der Waals surface area contributed by atoms with Crippen LogP contribution in [0.4, 0.5) is 0 Å². The SMILES string of the molecule is CN=C(NCCc1nc(-c2ccco2)n[nH]1)NC(C)c1ccc(CC(C)C)cc1.I. The van der Waals surface area contributed by atoms with Crippen LogP contribution in [0.5, 0.6) is 0 Å². The van der Waals surface area contributed by atoms with E-state index in [9.17, 15) is 0 Å². The third-order valence-corrected chi connectivity index (χ3v) is 4.63. The van der Waals surface area contributed by atoms with E-state index >= 15 is 0 Å². The summed E-state index contributed by atoms with van der Waals surface area (Å²) in [6.07, 6.45) is 3.42. The van der Waals surface area contributed by atoms with Crippen LogP contribution in [-0.2, 0) is 12.8 Å². The zero-order chi connectivity index (χ0) is 20.6. The van der Waals surface area contributed by atoms with Crippen LogP contribution in [-0.4, -0.2) is 34.7 Å². The van der Waals surface area contributed by atoms with Crippen molar-refractivity contribution in [1.82, 2.24) is 25.8 Å². The molecule has 0 aliphatic heterocycles. The highest BCUT2D eigenvalue weighted by Crippen LogP contribution is 2.16. The van der Waals surface area contributed by atoms with Crippen molar-refractivity contribution in [3.63, 3.8) is 0 Å². The molecule has 0 aliphatic carbocycles. The van der Waals surface area contributed by atoms with Gasteiger partial charge in [0.05, 0.1) is 12.3 Å². The van der Waals surface area contributed by atoms with Crippen molar-refractivity contribution in [3.05, 3.63) is 59.6 Å². The number of benzene rings is 1. The number of guanidine groups is 1. The molecule has 3 rings (SSSR count). The minimum Gasteiger partial charge on any atom is -0.461 e. The molecule has 3 N–H and O–H groups in total. The first-order valence-corrected chi connectivity index (χ1v) is 10.1. The predicted molar refractivity (Wildman–Crippen MR) is 131 cm³/mol. The van der Waals surface area contributed by atoms with E-state index in [1.54, 1.807) is 13.3 Å². The number of aromatic nitrogens is 3. The van der Waals surface area contributed by atoms with Gasteiger partial charge < -0.3 is 15.1 Å². The lowest BCUT2D eigenvalue weighted by Crippen LogP contribution is -2.39. The van der Waals surface area contributed by atoms with Crippen molar-refractivity contribution >= 4 is 29.9 Å². The highest BCUT2D eigenvalue weighted by atomic mass is 127. The van der Waals surface area contributed by atoms with Gasteiger partial charge in [0, 0.05) is 20.0 Å². The number of aliphatic imine (C=N–C) groups is 1. The van der Waals surface area contributed by atoms with Gasteiger partial charge in [-0.2, -0.15) is 5.10 Å². The van der Waals surface area contributed by atoms with Gasteiger partial charge in [-0.25, -0.2) is 4.98 Å². The first-order valence-electron chi connectivity index (χ1n) is 10.1. The summed E-state index contributed by atoms with van der Waals surface area (Å²) < 4.78 is 5.32. The molecule has 3 aromatic rings. The van der Waals surface area contributed by atoms with Crippen LogP contribution in [0.2, 0.25) is 0 Å². The van der Waals surface area contributed by atoms with Crippen LogP contribution in [0.25, 0.3) is 11.6 Å². The minimum atomic E-state index is 0. The van der Waals surface area contributed by atoms with Crippen LogP contribution < -0.4 is 10.6 Å². The van der Waals surface area contributed by atoms with Gasteiger partial charge in [0.2, 0.25) is 5.82 Å². The van der Waals surface area contributed by atoms with E-state index in [1.807, 2.05) is 12.1 Å². The van der Waals surface area contributed by atoms with E-state index < -0.39 is 0 Å². The molecule has 0 aliphatic rings. The van der Waals surface area contributed by atoms with E-state index in [-0.39, 0.29) is 30.0 Å². The molecule has 0 saturated heterocycles. The minimum absolute atomic E-state index is 0. The number of nitrogens with zero attached hydrogens (tertiary/aromatic N) is 3. The Morgan fingerprint density at radius 1 is 1.17 bits per heavy atom. The number of nitrogens with one attached hydrogen (secondary N) is 3. The Balaban J connectivity index is 0.00000320. The first-order chi connectivity index (χ1) is 14.0. The fraction of sp³-hybridized carbons (Fsp3) is 0.409. The quantitative estimate of drug-likeness (QED) is 0.233. The van der Waals surface area contributed by atoms with Crippen molar-refractivity contribution in [3.8, 4) is 11.6 Å². The summed E-state index contributed by atoms with van der Waals surface area (Å²) in [5, 5.41) is 13.9. The number of hydrogen-bond acceptors (Lipinski definition) is 4. The maximum atomic E-state index is 5.32. The van der Waals surface area contributed by atoms with Crippen molar-refractivity contribution in [2.45, 2.75) is 39.7 Å². The number of hydrogen-bond donors (Lipinski definition) is 3. The lowest BCUT2D eigenvalue weighted by atomic mass is 10.00. The standard InChI is InChI=1S/C22H30N6O.HI/c1-15(2)14-17-7-9-18(10-8-17)16(3)25-22(23-4)24-12-11-20-26-21(28-27-20)19-6-5-13-29-19;/h5-10,13,15-16H,11-12,14H2,1-4H3,(H2,23,24,25)(H,26,27,28);1H. The molecule has 1 aromatic carbocycles. The molecule has 1 atom stereocenters. The summed E-state index contributed by atoms with van der Waals surface area (Å²) in [7, 11) is 1.78. The summed E-state index contributed by atoms with van der Waals surface area (Å²) in [5.41, 5.74) is 2.61. The summed E-state index contributed by atoms with van der Waals surface area (Å²) >= 11 is 0. The van der Waals surface area contributed by atoms with Crippen molar-refractivity contribution in [1.29, 1.82) is 0 Å². The lowest BCUT2D eigenvalue weighted by Gasteiger charge is -2.18. The fourth-order valence-corrected chi connectivity index (χ4v) is 3.12. The van der Waals surface area contributed by atoms with Crippen LogP contribution in [0.1, 0.15) is 43.8 Å². The predicted octanol–water partition coefficient (Wildman–Crippen LogP) is 4.35. The van der Waals surface area contributed by atoms with Gasteiger partial charge in [-0.05, 0) is 42.5 Å². The van der Waals surface area contributed by atoms with E-state index in [0.29, 0.717) is 30.5 Å². The molecule has 8 heteroatoms. The zero-order valence-corrected chi connectivity index (χ0v) is 20.3. The second-order valence-electron chi connectivity index (χ2n) is 7.54.